The molecular formula is C19H21N3O2. The minimum atomic E-state index is -0.0351. The summed E-state index contributed by atoms with van der Waals surface area (Å²) in [6.07, 6.45) is 0. The van der Waals surface area contributed by atoms with Crippen molar-refractivity contribution in [2.45, 2.75) is 32.4 Å². The average molecular weight is 323 g/mol. The van der Waals surface area contributed by atoms with Gasteiger partial charge in [-0.25, -0.2) is 0 Å². The molecule has 2 aromatic carbocycles. The third-order valence-corrected chi connectivity index (χ3v) is 3.98. The Kier molecular flexibility index (Phi) is 4.91. The molecule has 0 amide bonds. The van der Waals surface area contributed by atoms with Gasteiger partial charge < -0.3 is 15.0 Å². The second-order valence-electron chi connectivity index (χ2n) is 5.90. The first-order valence-corrected chi connectivity index (χ1v) is 8.00. The van der Waals surface area contributed by atoms with Gasteiger partial charge in [-0.05, 0) is 36.8 Å². The van der Waals surface area contributed by atoms with Gasteiger partial charge in [0, 0.05) is 11.6 Å². The molecule has 0 saturated carbocycles. The Hall–Kier alpha value is -2.66. The van der Waals surface area contributed by atoms with E-state index in [4.69, 9.17) is 15.0 Å². The number of nitrogens with two attached hydrogens (primary N) is 1. The number of benzene rings is 2. The Morgan fingerprint density at radius 2 is 1.75 bits per heavy atom. The second-order valence-corrected chi connectivity index (χ2v) is 5.90. The molecule has 2 N–H and O–H groups in total. The van der Waals surface area contributed by atoms with Gasteiger partial charge in [0.2, 0.25) is 11.7 Å². The van der Waals surface area contributed by atoms with E-state index in [1.54, 1.807) is 0 Å². The third-order valence-electron chi connectivity index (χ3n) is 3.98. The largest absolute Gasteiger partial charge is 0.489 e. The fraction of sp³-hybridized carbons (Fsp3) is 0.263. The summed E-state index contributed by atoms with van der Waals surface area (Å²) in [7, 11) is 0. The molecule has 1 aromatic heterocycles. The molecule has 5 heteroatoms. The predicted molar refractivity (Wildman–Crippen MR) is 92.6 cm³/mol. The summed E-state index contributed by atoms with van der Waals surface area (Å²) < 4.78 is 11.1. The van der Waals surface area contributed by atoms with Crippen LogP contribution in [0.25, 0.3) is 11.4 Å². The molecule has 3 aromatic rings. The number of hydrogen-bond donors (Lipinski definition) is 1. The molecule has 0 radical (unpaired) electrons. The molecule has 24 heavy (non-hydrogen) atoms. The summed E-state index contributed by atoms with van der Waals surface area (Å²) in [5.41, 5.74) is 7.89. The zero-order chi connectivity index (χ0) is 16.9. The maximum absolute atomic E-state index is 5.87. The normalized spacial score (nSPS) is 13.5. The highest BCUT2D eigenvalue weighted by Gasteiger charge is 2.18. The van der Waals surface area contributed by atoms with E-state index in [0.717, 1.165) is 16.9 Å². The Balaban J connectivity index is 1.66. The SMILES string of the molecule is CC(N)C(C)c1nc(-c2ccc(OCc3ccccc3)cc2)no1. The zero-order valence-corrected chi connectivity index (χ0v) is 13.8. The Morgan fingerprint density at radius 3 is 2.42 bits per heavy atom. The van der Waals surface area contributed by atoms with Crippen LogP contribution in [0.4, 0.5) is 0 Å². The molecule has 0 aliphatic heterocycles. The molecule has 5 nitrogen and oxygen atoms in total. The molecular weight excluding hydrogens is 302 g/mol. The lowest BCUT2D eigenvalue weighted by molar-refractivity contribution is 0.306. The van der Waals surface area contributed by atoms with E-state index in [0.29, 0.717) is 18.3 Å². The van der Waals surface area contributed by atoms with Gasteiger partial charge in [0.25, 0.3) is 0 Å². The molecule has 0 bridgehead atoms. The minimum absolute atomic E-state index is 0.0275. The first-order chi connectivity index (χ1) is 11.6. The molecule has 0 spiro atoms. The van der Waals surface area contributed by atoms with Gasteiger partial charge in [-0.2, -0.15) is 4.98 Å². The van der Waals surface area contributed by atoms with Crippen molar-refractivity contribution < 1.29 is 9.26 Å². The van der Waals surface area contributed by atoms with E-state index < -0.39 is 0 Å². The van der Waals surface area contributed by atoms with E-state index in [-0.39, 0.29) is 12.0 Å². The van der Waals surface area contributed by atoms with Gasteiger partial charge in [0.1, 0.15) is 12.4 Å². The van der Waals surface area contributed by atoms with Crippen molar-refractivity contribution in [3.8, 4) is 17.1 Å². The van der Waals surface area contributed by atoms with Crippen LogP contribution in [0.1, 0.15) is 31.2 Å². The standard InChI is InChI=1S/C19H21N3O2/c1-13(14(2)20)19-21-18(22-24-19)16-8-10-17(11-9-16)23-12-15-6-4-3-5-7-15/h3-11,13-14H,12,20H2,1-2H3. The summed E-state index contributed by atoms with van der Waals surface area (Å²) in [5, 5.41) is 4.03. The fourth-order valence-corrected chi connectivity index (χ4v) is 2.20. The maximum Gasteiger partial charge on any atom is 0.231 e. The van der Waals surface area contributed by atoms with Crippen molar-refractivity contribution in [1.29, 1.82) is 0 Å². The second kappa shape index (κ2) is 7.27. The topological polar surface area (TPSA) is 74.2 Å². The molecule has 0 fully saturated rings. The molecule has 2 atom stereocenters. The van der Waals surface area contributed by atoms with Crippen molar-refractivity contribution in [3.05, 3.63) is 66.1 Å². The van der Waals surface area contributed by atoms with Crippen LogP contribution in [0.2, 0.25) is 0 Å². The molecule has 2 unspecified atom stereocenters. The lowest BCUT2D eigenvalue weighted by Gasteiger charge is -2.09. The van der Waals surface area contributed by atoms with E-state index in [1.165, 1.54) is 0 Å². The molecule has 0 saturated heterocycles. The van der Waals surface area contributed by atoms with Crippen LogP contribution < -0.4 is 10.5 Å². The number of hydrogen-bond acceptors (Lipinski definition) is 5. The van der Waals surface area contributed by atoms with Gasteiger partial charge in [0.15, 0.2) is 0 Å². The van der Waals surface area contributed by atoms with E-state index in [1.807, 2.05) is 68.4 Å². The summed E-state index contributed by atoms with van der Waals surface area (Å²) in [6.45, 7) is 4.44. The van der Waals surface area contributed by atoms with E-state index in [2.05, 4.69) is 10.1 Å². The Labute approximate surface area is 141 Å². The monoisotopic (exact) mass is 323 g/mol. The van der Waals surface area contributed by atoms with Crippen LogP contribution in [0.5, 0.6) is 5.75 Å². The van der Waals surface area contributed by atoms with E-state index in [9.17, 15) is 0 Å². The van der Waals surface area contributed by atoms with Crippen molar-refractivity contribution in [2.75, 3.05) is 0 Å². The van der Waals surface area contributed by atoms with Gasteiger partial charge in [-0.15, -0.1) is 0 Å². The fourth-order valence-electron chi connectivity index (χ4n) is 2.20. The molecule has 0 aliphatic carbocycles. The number of ether oxygens (including phenoxy) is 1. The Bertz CT molecular complexity index is 767. The molecule has 124 valence electrons. The van der Waals surface area contributed by atoms with Crippen molar-refractivity contribution in [2.24, 2.45) is 5.73 Å². The third kappa shape index (κ3) is 3.81. The predicted octanol–water partition coefficient (Wildman–Crippen LogP) is 3.77. The summed E-state index contributed by atoms with van der Waals surface area (Å²) in [5.74, 6) is 1.95. The first kappa shape index (κ1) is 16.2. The van der Waals surface area contributed by atoms with Crippen LogP contribution in [0.3, 0.4) is 0 Å². The zero-order valence-electron chi connectivity index (χ0n) is 13.8. The first-order valence-electron chi connectivity index (χ1n) is 8.00. The lowest BCUT2D eigenvalue weighted by Crippen LogP contribution is -2.22. The van der Waals surface area contributed by atoms with Gasteiger partial charge in [0.05, 0.1) is 5.92 Å². The van der Waals surface area contributed by atoms with E-state index >= 15 is 0 Å². The van der Waals surface area contributed by atoms with Crippen LogP contribution in [0, 0.1) is 0 Å². The summed E-state index contributed by atoms with van der Waals surface area (Å²) in [6, 6.07) is 17.7. The van der Waals surface area contributed by atoms with Crippen molar-refractivity contribution in [1.82, 2.24) is 10.1 Å². The average Bonchev–Trinajstić information content (AvgIpc) is 3.10. The van der Waals surface area contributed by atoms with Crippen molar-refractivity contribution >= 4 is 0 Å². The number of rotatable bonds is 6. The maximum atomic E-state index is 5.87. The highest BCUT2D eigenvalue weighted by Crippen LogP contribution is 2.23. The van der Waals surface area contributed by atoms with Crippen molar-refractivity contribution in [3.63, 3.8) is 0 Å². The quantitative estimate of drug-likeness (QED) is 0.747. The molecule has 1 heterocycles. The van der Waals surface area contributed by atoms with Crippen LogP contribution in [-0.2, 0) is 6.61 Å². The highest BCUT2D eigenvalue weighted by molar-refractivity contribution is 5.55. The Morgan fingerprint density at radius 1 is 1.04 bits per heavy atom. The van der Waals surface area contributed by atoms with Gasteiger partial charge in [-0.3, -0.25) is 0 Å². The highest BCUT2D eigenvalue weighted by atomic mass is 16.5. The lowest BCUT2D eigenvalue weighted by atomic mass is 10.1. The number of nitrogens with zero attached hydrogens (tertiary/aromatic N) is 2. The minimum Gasteiger partial charge on any atom is -0.489 e. The van der Waals surface area contributed by atoms with Crippen LogP contribution in [0.15, 0.2) is 59.1 Å². The summed E-state index contributed by atoms with van der Waals surface area (Å²) >= 11 is 0. The van der Waals surface area contributed by atoms with Crippen LogP contribution in [-0.4, -0.2) is 16.2 Å². The molecule has 3 rings (SSSR count). The molecule has 0 aliphatic rings. The van der Waals surface area contributed by atoms with Gasteiger partial charge in [-0.1, -0.05) is 42.4 Å². The smallest absolute Gasteiger partial charge is 0.231 e. The van der Waals surface area contributed by atoms with Crippen LogP contribution >= 0.6 is 0 Å². The van der Waals surface area contributed by atoms with Gasteiger partial charge >= 0.3 is 0 Å². The number of aromatic nitrogens is 2. The summed E-state index contributed by atoms with van der Waals surface area (Å²) in [4.78, 5) is 4.43.